The topological polar surface area (TPSA) is 42.1 Å². The first kappa shape index (κ1) is 13.7. The maximum atomic E-state index is 5.90. The van der Waals surface area contributed by atoms with Gasteiger partial charge in [-0.3, -0.25) is 0 Å². The Hall–Kier alpha value is -0.740. The van der Waals surface area contributed by atoms with Crippen LogP contribution < -0.4 is 10.6 Å². The number of nitrogens with two attached hydrogens (primary N) is 1. The van der Waals surface area contributed by atoms with Crippen molar-refractivity contribution >= 4 is 17.6 Å². The molecule has 18 heavy (non-hydrogen) atoms. The zero-order valence-electron chi connectivity index (χ0n) is 11.8. The molecular weight excluding hydrogens is 242 g/mol. The van der Waals surface area contributed by atoms with E-state index in [4.69, 9.17) is 10.7 Å². The van der Waals surface area contributed by atoms with Crippen LogP contribution in [0.4, 0.5) is 5.82 Å². The molecule has 1 aliphatic heterocycles. The van der Waals surface area contributed by atoms with Crippen molar-refractivity contribution in [3.8, 4) is 0 Å². The molecule has 1 saturated heterocycles. The molecule has 2 N–H and O–H groups in total. The van der Waals surface area contributed by atoms with Crippen molar-refractivity contribution in [2.75, 3.05) is 23.7 Å². The molecule has 0 radical (unpaired) electrons. The number of hydrogen-bond acceptors (Lipinski definition) is 4. The first-order valence-electron chi connectivity index (χ1n) is 6.49. The van der Waals surface area contributed by atoms with Crippen LogP contribution in [0.1, 0.15) is 30.7 Å². The minimum absolute atomic E-state index is 0.295. The Kier molecular flexibility index (Phi) is 3.87. The number of aryl methyl sites for hydroxylation is 2. The minimum atomic E-state index is 0.295. The highest BCUT2D eigenvalue weighted by molar-refractivity contribution is 8.00. The monoisotopic (exact) mass is 265 g/mol. The molecule has 0 aromatic carbocycles. The third kappa shape index (κ3) is 2.81. The summed E-state index contributed by atoms with van der Waals surface area (Å²) in [6, 6.07) is 2.12. The molecule has 1 aromatic rings. The molecule has 1 aliphatic rings. The first-order valence-corrected chi connectivity index (χ1v) is 7.47. The van der Waals surface area contributed by atoms with Gasteiger partial charge >= 0.3 is 0 Å². The van der Waals surface area contributed by atoms with Crippen molar-refractivity contribution in [1.82, 2.24) is 4.98 Å². The lowest BCUT2D eigenvalue weighted by molar-refractivity contribution is 0.638. The summed E-state index contributed by atoms with van der Waals surface area (Å²) in [5.74, 6) is 2.26. The molecule has 2 rings (SSSR count). The van der Waals surface area contributed by atoms with E-state index in [1.165, 1.54) is 11.1 Å². The van der Waals surface area contributed by atoms with Crippen LogP contribution in [0.2, 0.25) is 0 Å². The van der Waals surface area contributed by atoms with Crippen molar-refractivity contribution in [2.24, 2.45) is 5.73 Å². The van der Waals surface area contributed by atoms with Gasteiger partial charge in [-0.15, -0.1) is 0 Å². The van der Waals surface area contributed by atoms with Crippen LogP contribution in [-0.2, 0) is 6.54 Å². The summed E-state index contributed by atoms with van der Waals surface area (Å²) >= 11 is 2.04. The predicted molar refractivity (Wildman–Crippen MR) is 80.4 cm³/mol. The van der Waals surface area contributed by atoms with Gasteiger partial charge in [0.05, 0.1) is 0 Å². The lowest BCUT2D eigenvalue weighted by Gasteiger charge is -2.39. The van der Waals surface area contributed by atoms with Crippen LogP contribution in [-0.4, -0.2) is 28.6 Å². The van der Waals surface area contributed by atoms with Gasteiger partial charge in [0.2, 0.25) is 0 Å². The van der Waals surface area contributed by atoms with E-state index < -0.39 is 0 Å². The molecule has 0 aliphatic carbocycles. The second-order valence-corrected chi connectivity index (χ2v) is 7.42. The number of anilines is 1. The molecule has 0 amide bonds. The highest BCUT2D eigenvalue weighted by atomic mass is 32.2. The second-order valence-electron chi connectivity index (χ2n) is 5.62. The van der Waals surface area contributed by atoms with E-state index in [1.807, 2.05) is 11.8 Å². The first-order chi connectivity index (χ1) is 8.43. The van der Waals surface area contributed by atoms with Gasteiger partial charge in [-0.05, 0) is 39.3 Å². The van der Waals surface area contributed by atoms with E-state index in [2.05, 4.69) is 38.7 Å². The zero-order valence-corrected chi connectivity index (χ0v) is 12.6. The van der Waals surface area contributed by atoms with Crippen molar-refractivity contribution in [3.05, 3.63) is 22.9 Å². The van der Waals surface area contributed by atoms with Crippen molar-refractivity contribution in [3.63, 3.8) is 0 Å². The van der Waals surface area contributed by atoms with Gasteiger partial charge in [0.1, 0.15) is 5.82 Å². The molecule has 0 spiro atoms. The summed E-state index contributed by atoms with van der Waals surface area (Å²) in [5, 5.41) is 0. The fraction of sp³-hybridized carbons (Fsp3) is 0.643. The van der Waals surface area contributed by atoms with Gasteiger partial charge in [0, 0.05) is 41.4 Å². The number of hydrogen-bond donors (Lipinski definition) is 1. The second kappa shape index (κ2) is 5.10. The zero-order chi connectivity index (χ0) is 13.3. The Morgan fingerprint density at radius 3 is 2.78 bits per heavy atom. The third-order valence-electron chi connectivity index (χ3n) is 3.38. The summed E-state index contributed by atoms with van der Waals surface area (Å²) in [6.07, 6.45) is 0. The largest absolute Gasteiger partial charge is 0.354 e. The van der Waals surface area contributed by atoms with Crippen molar-refractivity contribution in [1.29, 1.82) is 0 Å². The number of rotatable bonds is 2. The molecule has 1 aromatic heterocycles. The molecule has 100 valence electrons. The van der Waals surface area contributed by atoms with Crippen molar-refractivity contribution in [2.45, 2.75) is 39.0 Å². The van der Waals surface area contributed by atoms with Gasteiger partial charge in [-0.25, -0.2) is 4.98 Å². The van der Waals surface area contributed by atoms with Crippen LogP contribution >= 0.6 is 11.8 Å². The van der Waals surface area contributed by atoms with Gasteiger partial charge < -0.3 is 10.6 Å². The van der Waals surface area contributed by atoms with Crippen LogP contribution in [0.5, 0.6) is 0 Å². The van der Waals surface area contributed by atoms with E-state index in [0.29, 0.717) is 11.3 Å². The van der Waals surface area contributed by atoms with E-state index >= 15 is 0 Å². The molecule has 1 fully saturated rings. The average Bonchev–Trinajstić information content (AvgIpc) is 2.26. The summed E-state index contributed by atoms with van der Waals surface area (Å²) in [4.78, 5) is 7.13. The predicted octanol–water partition coefficient (Wildman–Crippen LogP) is 2.49. The summed E-state index contributed by atoms with van der Waals surface area (Å²) in [6.45, 7) is 11.5. The number of pyridine rings is 1. The van der Waals surface area contributed by atoms with Crippen LogP contribution in [0.3, 0.4) is 0 Å². The maximum absolute atomic E-state index is 5.90. The number of aromatic nitrogens is 1. The summed E-state index contributed by atoms with van der Waals surface area (Å²) in [7, 11) is 0. The minimum Gasteiger partial charge on any atom is -0.354 e. The lowest BCUT2D eigenvalue weighted by atomic mass is 10.1. The SMILES string of the molecule is Cc1cc(C)c(CN)c(N2CCSC(C)(C)C2)n1. The molecular formula is C14H23N3S. The Bertz CT molecular complexity index is 443. The summed E-state index contributed by atoms with van der Waals surface area (Å²) < 4.78 is 0.295. The Morgan fingerprint density at radius 1 is 1.44 bits per heavy atom. The molecule has 2 heterocycles. The Morgan fingerprint density at radius 2 is 2.17 bits per heavy atom. The van der Waals surface area contributed by atoms with Crippen LogP contribution in [0, 0.1) is 13.8 Å². The molecule has 4 heteroatoms. The van der Waals surface area contributed by atoms with Gasteiger partial charge in [0.25, 0.3) is 0 Å². The third-order valence-corrected chi connectivity index (χ3v) is 4.68. The standard InChI is InChI=1S/C14H23N3S/c1-10-7-11(2)16-13(12(10)8-15)17-5-6-18-14(3,4)9-17/h7H,5-6,8-9,15H2,1-4H3. The summed E-state index contributed by atoms with van der Waals surface area (Å²) in [5.41, 5.74) is 9.44. The average molecular weight is 265 g/mol. The van der Waals surface area contributed by atoms with Gasteiger partial charge in [0.15, 0.2) is 0 Å². The molecule has 0 bridgehead atoms. The van der Waals surface area contributed by atoms with Gasteiger partial charge in [-0.1, -0.05) is 0 Å². The van der Waals surface area contributed by atoms with E-state index in [9.17, 15) is 0 Å². The number of nitrogens with zero attached hydrogens (tertiary/aromatic N) is 2. The quantitative estimate of drug-likeness (QED) is 0.892. The highest BCUT2D eigenvalue weighted by Gasteiger charge is 2.29. The molecule has 0 atom stereocenters. The molecule has 0 unspecified atom stereocenters. The molecule has 3 nitrogen and oxygen atoms in total. The Balaban J connectivity index is 2.37. The molecule has 0 saturated carbocycles. The fourth-order valence-electron chi connectivity index (χ4n) is 2.55. The van der Waals surface area contributed by atoms with Crippen LogP contribution in [0.25, 0.3) is 0 Å². The maximum Gasteiger partial charge on any atom is 0.133 e. The number of thioether (sulfide) groups is 1. The van der Waals surface area contributed by atoms with Gasteiger partial charge in [-0.2, -0.15) is 11.8 Å². The Labute approximate surface area is 114 Å². The van der Waals surface area contributed by atoms with E-state index in [0.717, 1.165) is 30.4 Å². The van der Waals surface area contributed by atoms with Crippen molar-refractivity contribution < 1.29 is 0 Å². The van der Waals surface area contributed by atoms with Crippen LogP contribution in [0.15, 0.2) is 6.07 Å². The smallest absolute Gasteiger partial charge is 0.133 e. The normalized spacial score (nSPS) is 19.1. The fourth-order valence-corrected chi connectivity index (χ4v) is 3.67. The highest BCUT2D eigenvalue weighted by Crippen LogP contribution is 2.33. The lowest BCUT2D eigenvalue weighted by Crippen LogP contribution is -2.44. The van der Waals surface area contributed by atoms with E-state index in [1.54, 1.807) is 0 Å². The van der Waals surface area contributed by atoms with E-state index in [-0.39, 0.29) is 0 Å².